The number of amides is 2. The van der Waals surface area contributed by atoms with Crippen molar-refractivity contribution in [1.29, 1.82) is 0 Å². The highest BCUT2D eigenvalue weighted by Crippen LogP contribution is 2.24. The molecular formula is C20H22FN5O4S. The summed E-state index contributed by atoms with van der Waals surface area (Å²) >= 11 is 0. The highest BCUT2D eigenvalue weighted by molar-refractivity contribution is 7.91. The molecule has 0 saturated carbocycles. The number of benzene rings is 1. The van der Waals surface area contributed by atoms with Crippen molar-refractivity contribution >= 4 is 27.4 Å². The second-order valence-corrected chi connectivity index (χ2v) is 9.93. The van der Waals surface area contributed by atoms with Crippen LogP contribution in [0.25, 0.3) is 0 Å². The third-order valence-corrected chi connectivity index (χ3v) is 7.20. The van der Waals surface area contributed by atoms with Crippen molar-refractivity contribution in [3.05, 3.63) is 53.9 Å². The quantitative estimate of drug-likeness (QED) is 0.733. The molecule has 1 N–H and O–H groups in total. The van der Waals surface area contributed by atoms with E-state index in [4.69, 9.17) is 0 Å². The van der Waals surface area contributed by atoms with Crippen LogP contribution in [-0.4, -0.2) is 58.1 Å². The fourth-order valence-corrected chi connectivity index (χ4v) is 5.53. The summed E-state index contributed by atoms with van der Waals surface area (Å²) in [6.07, 6.45) is 3.79. The summed E-state index contributed by atoms with van der Waals surface area (Å²) in [6, 6.07) is 4.57. The van der Waals surface area contributed by atoms with Gasteiger partial charge in [-0.05, 0) is 24.1 Å². The number of carbonyl (C=O) groups is 2. The molecule has 1 saturated heterocycles. The number of aryl methyl sites for hydroxylation is 1. The predicted molar refractivity (Wildman–Crippen MR) is 110 cm³/mol. The SMILES string of the molecule is Cn1ccnc1C(NC(=O)C1=NN(C2CCS(=O)(=O)C2)C(=O)CC1)c1cccc(F)c1. The average molecular weight is 447 g/mol. The van der Waals surface area contributed by atoms with Crippen LogP contribution in [0.3, 0.4) is 0 Å². The number of aromatic nitrogens is 2. The van der Waals surface area contributed by atoms with Gasteiger partial charge in [-0.15, -0.1) is 0 Å². The van der Waals surface area contributed by atoms with Gasteiger partial charge >= 0.3 is 0 Å². The first-order valence-electron chi connectivity index (χ1n) is 9.87. The van der Waals surface area contributed by atoms with Gasteiger partial charge in [0.2, 0.25) is 5.91 Å². The standard InChI is InChI=1S/C20H22FN5O4S/c1-25-9-8-22-19(25)18(13-3-2-4-14(21)11-13)23-20(28)16-5-6-17(27)26(24-16)15-7-10-31(29,30)12-15/h2-4,8-9,11,15,18H,5-7,10,12H2,1H3,(H,23,28). The summed E-state index contributed by atoms with van der Waals surface area (Å²) in [4.78, 5) is 29.6. The van der Waals surface area contributed by atoms with Crippen LogP contribution in [0.1, 0.15) is 36.7 Å². The average Bonchev–Trinajstić information content (AvgIpc) is 3.31. The van der Waals surface area contributed by atoms with E-state index in [1.54, 1.807) is 36.1 Å². The highest BCUT2D eigenvalue weighted by Gasteiger charge is 2.37. The van der Waals surface area contributed by atoms with Gasteiger partial charge in [-0.25, -0.2) is 22.8 Å². The van der Waals surface area contributed by atoms with Gasteiger partial charge in [-0.1, -0.05) is 12.1 Å². The fraction of sp³-hybridized carbons (Fsp3) is 0.400. The van der Waals surface area contributed by atoms with Gasteiger partial charge in [0.1, 0.15) is 23.4 Å². The zero-order valence-electron chi connectivity index (χ0n) is 16.9. The van der Waals surface area contributed by atoms with Gasteiger partial charge in [0.25, 0.3) is 5.91 Å². The molecule has 0 radical (unpaired) electrons. The zero-order valence-corrected chi connectivity index (χ0v) is 17.7. The molecule has 0 aliphatic carbocycles. The van der Waals surface area contributed by atoms with E-state index in [1.165, 1.54) is 12.1 Å². The van der Waals surface area contributed by atoms with Crippen molar-refractivity contribution in [2.24, 2.45) is 12.1 Å². The molecule has 2 aliphatic rings. The van der Waals surface area contributed by atoms with E-state index in [0.29, 0.717) is 17.8 Å². The molecule has 2 amide bonds. The Morgan fingerprint density at radius 2 is 2.13 bits per heavy atom. The van der Waals surface area contributed by atoms with Gasteiger partial charge in [0, 0.05) is 32.3 Å². The minimum Gasteiger partial charge on any atom is -0.337 e. The third kappa shape index (κ3) is 4.50. The summed E-state index contributed by atoms with van der Waals surface area (Å²) in [5.74, 6) is -0.916. The van der Waals surface area contributed by atoms with Gasteiger partial charge in [-0.3, -0.25) is 9.59 Å². The molecule has 2 aromatic rings. The van der Waals surface area contributed by atoms with Crippen molar-refractivity contribution in [1.82, 2.24) is 19.9 Å². The number of carbonyl (C=O) groups excluding carboxylic acids is 2. The van der Waals surface area contributed by atoms with E-state index < -0.39 is 33.6 Å². The molecule has 0 bridgehead atoms. The van der Waals surface area contributed by atoms with Crippen molar-refractivity contribution in [2.45, 2.75) is 31.3 Å². The molecular weight excluding hydrogens is 425 g/mol. The fourth-order valence-electron chi connectivity index (χ4n) is 3.84. The molecule has 2 atom stereocenters. The first-order chi connectivity index (χ1) is 14.7. The first kappa shape index (κ1) is 21.2. The summed E-state index contributed by atoms with van der Waals surface area (Å²) < 4.78 is 39.1. The van der Waals surface area contributed by atoms with Gasteiger partial charge < -0.3 is 9.88 Å². The lowest BCUT2D eigenvalue weighted by Gasteiger charge is -2.28. The number of nitrogens with one attached hydrogen (secondary N) is 1. The van der Waals surface area contributed by atoms with Gasteiger partial charge in [0.05, 0.1) is 17.5 Å². The molecule has 1 aromatic heterocycles. The maximum absolute atomic E-state index is 13.8. The molecule has 9 nitrogen and oxygen atoms in total. The van der Waals surface area contributed by atoms with Crippen LogP contribution < -0.4 is 5.32 Å². The minimum absolute atomic E-state index is 0.000694. The smallest absolute Gasteiger partial charge is 0.268 e. The summed E-state index contributed by atoms with van der Waals surface area (Å²) in [7, 11) is -1.45. The number of hydrogen-bond donors (Lipinski definition) is 1. The van der Waals surface area contributed by atoms with Crippen LogP contribution >= 0.6 is 0 Å². The van der Waals surface area contributed by atoms with Crippen LogP contribution in [-0.2, 0) is 26.5 Å². The first-order valence-corrected chi connectivity index (χ1v) is 11.7. The van der Waals surface area contributed by atoms with Crippen LogP contribution in [0.2, 0.25) is 0 Å². The third-order valence-electron chi connectivity index (χ3n) is 5.45. The van der Waals surface area contributed by atoms with Crippen molar-refractivity contribution in [3.63, 3.8) is 0 Å². The lowest BCUT2D eigenvalue weighted by Crippen LogP contribution is -2.44. The van der Waals surface area contributed by atoms with Crippen molar-refractivity contribution in [3.8, 4) is 0 Å². The Labute approximate surface area is 178 Å². The number of hydrazone groups is 1. The Kier molecular flexibility index (Phi) is 5.61. The number of imidazole rings is 1. The number of sulfone groups is 1. The van der Waals surface area contributed by atoms with Crippen LogP contribution in [0, 0.1) is 5.82 Å². The Morgan fingerprint density at radius 3 is 2.77 bits per heavy atom. The van der Waals surface area contributed by atoms with Gasteiger partial charge in [-0.2, -0.15) is 5.10 Å². The van der Waals surface area contributed by atoms with Gasteiger partial charge in [0.15, 0.2) is 9.84 Å². The van der Waals surface area contributed by atoms with Crippen LogP contribution in [0.15, 0.2) is 41.8 Å². The Hall–Kier alpha value is -3.08. The number of hydrogen-bond acceptors (Lipinski definition) is 6. The van der Waals surface area contributed by atoms with Crippen molar-refractivity contribution in [2.75, 3.05) is 11.5 Å². The normalized spacial score (nSPS) is 21.6. The summed E-state index contributed by atoms with van der Waals surface area (Å²) in [5.41, 5.74) is 0.633. The topological polar surface area (TPSA) is 114 Å². The second kappa shape index (κ2) is 8.22. The lowest BCUT2D eigenvalue weighted by atomic mass is 10.0. The molecule has 31 heavy (non-hydrogen) atoms. The molecule has 11 heteroatoms. The number of rotatable bonds is 5. The van der Waals surface area contributed by atoms with E-state index in [2.05, 4.69) is 15.4 Å². The zero-order chi connectivity index (χ0) is 22.2. The minimum atomic E-state index is -3.21. The van der Waals surface area contributed by atoms with Crippen LogP contribution in [0.4, 0.5) is 4.39 Å². The lowest BCUT2D eigenvalue weighted by molar-refractivity contribution is -0.133. The molecule has 0 spiro atoms. The molecule has 2 aliphatic heterocycles. The number of nitrogens with zero attached hydrogens (tertiary/aromatic N) is 4. The predicted octanol–water partition coefficient (Wildman–Crippen LogP) is 0.930. The van der Waals surface area contributed by atoms with E-state index >= 15 is 0 Å². The molecule has 3 heterocycles. The molecule has 164 valence electrons. The summed E-state index contributed by atoms with van der Waals surface area (Å²) in [6.45, 7) is 0. The molecule has 2 unspecified atom stereocenters. The highest BCUT2D eigenvalue weighted by atomic mass is 32.2. The van der Waals surface area contributed by atoms with Crippen molar-refractivity contribution < 1.29 is 22.4 Å². The maximum atomic E-state index is 13.8. The summed E-state index contributed by atoms with van der Waals surface area (Å²) in [5, 5.41) is 8.18. The maximum Gasteiger partial charge on any atom is 0.268 e. The second-order valence-electron chi connectivity index (χ2n) is 7.70. The van der Waals surface area contributed by atoms with E-state index in [-0.39, 0.29) is 36.0 Å². The van der Waals surface area contributed by atoms with Crippen LogP contribution in [0.5, 0.6) is 0 Å². The van der Waals surface area contributed by atoms with E-state index in [9.17, 15) is 22.4 Å². The largest absolute Gasteiger partial charge is 0.337 e. The van der Waals surface area contributed by atoms with E-state index in [1.807, 2.05) is 0 Å². The monoisotopic (exact) mass is 447 g/mol. The Morgan fingerprint density at radius 1 is 1.32 bits per heavy atom. The number of halogens is 1. The molecule has 4 rings (SSSR count). The Bertz CT molecular complexity index is 1160. The molecule has 1 fully saturated rings. The Balaban J connectivity index is 1.60. The molecule has 1 aromatic carbocycles. The van der Waals surface area contributed by atoms with E-state index in [0.717, 1.165) is 5.01 Å².